The van der Waals surface area contributed by atoms with Crippen molar-refractivity contribution in [1.29, 1.82) is 0 Å². The Hall–Kier alpha value is -5.32. The van der Waals surface area contributed by atoms with Crippen molar-refractivity contribution in [1.82, 2.24) is 4.57 Å². The quantitative estimate of drug-likeness (QED) is 0.121. The van der Waals surface area contributed by atoms with Crippen molar-refractivity contribution >= 4 is 21.8 Å². The minimum absolute atomic E-state index is 0.0916. The number of para-hydroxylation sites is 1. The molecule has 6 aromatic rings. The van der Waals surface area contributed by atoms with Gasteiger partial charge in [-0.2, -0.15) is 0 Å². The summed E-state index contributed by atoms with van der Waals surface area (Å²) in [6, 6.07) is 39.1. The fraction of sp³-hybridized carbons (Fsp3) is 0.182. The predicted molar refractivity (Wildman–Crippen MR) is 202 cm³/mol. The molecule has 48 heavy (non-hydrogen) atoms. The molecule has 1 aliphatic carbocycles. The Morgan fingerprint density at radius 1 is 0.833 bits per heavy atom. The van der Waals surface area contributed by atoms with E-state index in [-0.39, 0.29) is 11.3 Å². The van der Waals surface area contributed by atoms with Crippen LogP contribution < -0.4 is 5.73 Å². The Morgan fingerprint density at radius 2 is 1.56 bits per heavy atom. The van der Waals surface area contributed by atoms with Crippen molar-refractivity contribution in [2.45, 2.75) is 50.7 Å². The summed E-state index contributed by atoms with van der Waals surface area (Å²) in [4.78, 5) is 11.7. The molecule has 5 aromatic carbocycles. The number of hydrogen-bond acceptors (Lipinski definition) is 3. The second-order valence-corrected chi connectivity index (χ2v) is 13.7. The predicted octanol–water partition coefficient (Wildman–Crippen LogP) is 11.0. The number of nitrogens with two attached hydrogens (primary N) is 1. The van der Waals surface area contributed by atoms with E-state index in [4.69, 9.17) is 5.73 Å². The molecular weight excluding hydrogens is 587 g/mol. The first kappa shape index (κ1) is 31.3. The van der Waals surface area contributed by atoms with Crippen LogP contribution in [0.5, 0.6) is 0 Å². The van der Waals surface area contributed by atoms with Crippen molar-refractivity contribution in [3.8, 4) is 22.3 Å². The molecular formula is C44H41N3O. The molecule has 1 aliphatic rings. The van der Waals surface area contributed by atoms with E-state index in [0.29, 0.717) is 13.0 Å². The zero-order chi connectivity index (χ0) is 33.5. The van der Waals surface area contributed by atoms with Gasteiger partial charge in [0.1, 0.15) is 5.66 Å². The number of fused-ring (bicyclic) bond motifs is 7. The molecule has 1 aromatic heterocycles. The van der Waals surface area contributed by atoms with Crippen molar-refractivity contribution in [3.05, 3.63) is 173 Å². The molecule has 0 saturated carbocycles. The van der Waals surface area contributed by atoms with Crippen molar-refractivity contribution in [2.24, 2.45) is 10.9 Å². The highest BCUT2D eigenvalue weighted by molar-refractivity contribution is 6.16. The maximum absolute atomic E-state index is 11.7. The van der Waals surface area contributed by atoms with Gasteiger partial charge in [-0.3, -0.25) is 0 Å². The lowest BCUT2D eigenvalue weighted by atomic mass is 9.80. The third-order valence-electron chi connectivity index (χ3n) is 9.98. The van der Waals surface area contributed by atoms with Crippen LogP contribution in [-0.4, -0.2) is 10.2 Å². The Labute approximate surface area is 282 Å². The van der Waals surface area contributed by atoms with Gasteiger partial charge >= 0.3 is 0 Å². The summed E-state index contributed by atoms with van der Waals surface area (Å²) in [5.41, 5.74) is 17.3. The van der Waals surface area contributed by atoms with Gasteiger partial charge < -0.3 is 10.3 Å². The monoisotopic (exact) mass is 627 g/mol. The van der Waals surface area contributed by atoms with Gasteiger partial charge in [-0.25, -0.2) is 0 Å². The SMILES string of the molecule is C=C/C=C\C=C/Cn1c2ccc3c(c2c2cccc(-c4cccc(C(CC(C)(N)N=O)c5ccccc5)c4)c21)C(C)(C)c1ccccc1-3. The van der Waals surface area contributed by atoms with Crippen LogP contribution in [0.15, 0.2) is 151 Å². The highest BCUT2D eigenvalue weighted by atomic mass is 16.3. The normalized spacial score (nSPS) is 15.5. The molecule has 7 rings (SSSR count). The van der Waals surface area contributed by atoms with Gasteiger partial charge in [0.2, 0.25) is 0 Å². The van der Waals surface area contributed by atoms with Gasteiger partial charge in [0, 0.05) is 39.7 Å². The van der Waals surface area contributed by atoms with E-state index in [0.717, 1.165) is 16.7 Å². The van der Waals surface area contributed by atoms with Crippen LogP contribution in [0, 0.1) is 4.91 Å². The molecule has 0 aliphatic heterocycles. The summed E-state index contributed by atoms with van der Waals surface area (Å²) in [6.07, 6.45) is 10.5. The molecule has 2 atom stereocenters. The van der Waals surface area contributed by atoms with Crippen LogP contribution in [0.25, 0.3) is 44.1 Å². The first-order valence-corrected chi connectivity index (χ1v) is 16.7. The number of hydrogen-bond donors (Lipinski definition) is 1. The molecule has 2 unspecified atom stereocenters. The second-order valence-electron chi connectivity index (χ2n) is 13.7. The van der Waals surface area contributed by atoms with Crippen LogP contribution in [0.2, 0.25) is 0 Å². The highest BCUT2D eigenvalue weighted by Crippen LogP contribution is 2.53. The number of rotatable bonds is 10. The van der Waals surface area contributed by atoms with Crippen LogP contribution in [0.1, 0.15) is 55.4 Å². The maximum Gasteiger partial charge on any atom is 0.148 e. The summed E-state index contributed by atoms with van der Waals surface area (Å²) < 4.78 is 2.46. The summed E-state index contributed by atoms with van der Waals surface area (Å²) in [6.45, 7) is 10.9. The lowest BCUT2D eigenvalue weighted by molar-refractivity contribution is 0.425. The number of nitroso groups, excluding NO2 is 1. The second kappa shape index (κ2) is 12.4. The van der Waals surface area contributed by atoms with Crippen molar-refractivity contribution in [3.63, 3.8) is 0 Å². The molecule has 0 radical (unpaired) electrons. The van der Waals surface area contributed by atoms with Crippen LogP contribution >= 0.6 is 0 Å². The smallest absolute Gasteiger partial charge is 0.148 e. The molecule has 0 saturated heterocycles. The van der Waals surface area contributed by atoms with Gasteiger partial charge in [-0.05, 0) is 63.5 Å². The van der Waals surface area contributed by atoms with Crippen LogP contribution in [0.3, 0.4) is 0 Å². The van der Waals surface area contributed by atoms with Crippen molar-refractivity contribution < 1.29 is 0 Å². The topological polar surface area (TPSA) is 60.4 Å². The third-order valence-corrected chi connectivity index (χ3v) is 9.98. The molecule has 0 spiro atoms. The average molecular weight is 628 g/mol. The van der Waals surface area contributed by atoms with Gasteiger partial charge in [0.15, 0.2) is 0 Å². The van der Waals surface area contributed by atoms with Crippen molar-refractivity contribution in [2.75, 3.05) is 0 Å². The third kappa shape index (κ3) is 5.32. The standard InChI is InChI=1S/C44H41N3O/c1-5-6-7-8-14-27-47-39-26-25-35-34-21-12-13-24-38(34)43(2,3)41(35)40(39)36-23-16-22-33(42(36)47)31-19-15-20-32(28-31)37(29-44(4,45)46-48)30-17-10-9-11-18-30/h5-26,28,37H,1,27,29,45H2,2-4H3/b7-6-,14-8-. The summed E-state index contributed by atoms with van der Waals surface area (Å²) in [7, 11) is 0. The molecule has 238 valence electrons. The first-order valence-electron chi connectivity index (χ1n) is 16.7. The number of allylic oxidation sites excluding steroid dienone is 5. The maximum atomic E-state index is 11.7. The summed E-state index contributed by atoms with van der Waals surface area (Å²) in [5, 5.41) is 5.84. The minimum Gasteiger partial charge on any atom is -0.336 e. The molecule has 4 nitrogen and oxygen atoms in total. The number of aromatic nitrogens is 1. The first-order chi connectivity index (χ1) is 23.2. The molecule has 0 bridgehead atoms. The fourth-order valence-corrected chi connectivity index (χ4v) is 7.81. The highest BCUT2D eigenvalue weighted by Gasteiger charge is 2.38. The van der Waals surface area contributed by atoms with Crippen LogP contribution in [0.4, 0.5) is 0 Å². The molecule has 0 amide bonds. The van der Waals surface area contributed by atoms with E-state index in [9.17, 15) is 4.91 Å². The molecule has 1 heterocycles. The van der Waals surface area contributed by atoms with E-state index in [1.807, 2.05) is 30.4 Å². The Bertz CT molecular complexity index is 2230. The number of nitrogens with zero attached hydrogens (tertiary/aromatic N) is 2. The van der Waals surface area contributed by atoms with Gasteiger partial charge in [-0.1, -0.05) is 154 Å². The van der Waals surface area contributed by atoms with E-state index >= 15 is 0 Å². The minimum atomic E-state index is -1.19. The largest absolute Gasteiger partial charge is 0.336 e. The lowest BCUT2D eigenvalue weighted by Gasteiger charge is -2.25. The molecule has 4 heteroatoms. The van der Waals surface area contributed by atoms with E-state index < -0.39 is 5.66 Å². The Kier molecular flexibility index (Phi) is 8.06. The van der Waals surface area contributed by atoms with E-state index in [2.05, 4.69) is 133 Å². The zero-order valence-corrected chi connectivity index (χ0v) is 27.9. The van der Waals surface area contributed by atoms with Crippen LogP contribution in [-0.2, 0) is 12.0 Å². The Morgan fingerprint density at radius 3 is 2.35 bits per heavy atom. The molecule has 0 fully saturated rings. The fourth-order valence-electron chi connectivity index (χ4n) is 7.81. The average Bonchev–Trinajstić information content (AvgIpc) is 3.55. The Balaban J connectivity index is 1.47. The van der Waals surface area contributed by atoms with Gasteiger partial charge in [0.05, 0.1) is 5.52 Å². The summed E-state index contributed by atoms with van der Waals surface area (Å²) >= 11 is 0. The molecule has 2 N–H and O–H groups in total. The number of benzene rings is 5. The van der Waals surface area contributed by atoms with E-state index in [1.165, 1.54) is 49.6 Å². The van der Waals surface area contributed by atoms with Gasteiger partial charge in [0.25, 0.3) is 0 Å². The van der Waals surface area contributed by atoms with E-state index in [1.54, 1.807) is 13.0 Å². The summed E-state index contributed by atoms with van der Waals surface area (Å²) in [5.74, 6) is -0.0916. The lowest BCUT2D eigenvalue weighted by Crippen LogP contribution is -2.35. The van der Waals surface area contributed by atoms with Gasteiger partial charge in [-0.15, -0.1) is 4.91 Å². The zero-order valence-electron chi connectivity index (χ0n) is 27.9.